The van der Waals surface area contributed by atoms with Gasteiger partial charge in [-0.15, -0.1) is 0 Å². The van der Waals surface area contributed by atoms with Crippen LogP contribution >= 0.6 is 24.4 Å². The van der Waals surface area contributed by atoms with Crippen LogP contribution < -0.4 is 5.69 Å². The number of imidazole rings is 2. The second kappa shape index (κ2) is 24.9. The molecule has 1 aromatic rings. The van der Waals surface area contributed by atoms with Gasteiger partial charge in [0.1, 0.15) is 23.9 Å². The summed E-state index contributed by atoms with van der Waals surface area (Å²) >= 11 is 11.5. The predicted octanol–water partition coefficient (Wildman–Crippen LogP) is 11.8. The van der Waals surface area contributed by atoms with Crippen LogP contribution in [-0.4, -0.2) is 39.0 Å². The highest BCUT2D eigenvalue weighted by Crippen LogP contribution is 2.24. The number of hydrogen-bond donors (Lipinski definition) is 0. The van der Waals surface area contributed by atoms with E-state index in [0.717, 1.165) is 30.7 Å². The van der Waals surface area contributed by atoms with Gasteiger partial charge in [0.05, 0.1) is 9.98 Å². The molecule has 0 radical (unpaired) electrons. The molecule has 0 amide bonds. The Kier molecular flexibility index (Phi) is 20.9. The van der Waals surface area contributed by atoms with Gasteiger partial charge in [0.25, 0.3) is 0 Å². The van der Waals surface area contributed by atoms with Crippen molar-refractivity contribution in [2.45, 2.75) is 194 Å². The Morgan fingerprint density at radius 1 is 0.562 bits per heavy atom. The summed E-state index contributed by atoms with van der Waals surface area (Å²) in [6.07, 6.45) is 38.7. The number of thiocarbonyl (C=S) groups is 2. The molecule has 0 spiro atoms. The SMILES string of the molecule is CCCCCCCCCCCCCCCCCC(=S)n1c2ncnc3c(ncn3C(=S)CCCCCCCCCCCCC)c-2nc1=O. The highest BCUT2D eigenvalue weighted by molar-refractivity contribution is 7.80. The summed E-state index contributed by atoms with van der Waals surface area (Å²) in [6.45, 7) is 4.55. The summed E-state index contributed by atoms with van der Waals surface area (Å²) < 4.78 is 3.32. The first kappa shape index (κ1) is 40.3. The molecule has 9 heteroatoms. The summed E-state index contributed by atoms with van der Waals surface area (Å²) in [5.41, 5.74) is 1.16. The maximum Gasteiger partial charge on any atom is 0.355 e. The van der Waals surface area contributed by atoms with Crippen molar-refractivity contribution in [3.8, 4) is 11.5 Å². The number of unbranched alkanes of at least 4 members (excludes halogenated alkanes) is 24. The van der Waals surface area contributed by atoms with Gasteiger partial charge in [-0.05, 0) is 25.7 Å². The van der Waals surface area contributed by atoms with E-state index < -0.39 is 5.69 Å². The van der Waals surface area contributed by atoms with E-state index in [-0.39, 0.29) is 0 Å². The van der Waals surface area contributed by atoms with Crippen molar-refractivity contribution in [1.82, 2.24) is 29.1 Å². The smallest absolute Gasteiger partial charge is 0.277 e. The van der Waals surface area contributed by atoms with Crippen LogP contribution in [0.5, 0.6) is 0 Å². The topological polar surface area (TPSA) is 78.5 Å². The second-order valence-electron chi connectivity index (χ2n) is 13.8. The Morgan fingerprint density at radius 2 is 0.979 bits per heavy atom. The van der Waals surface area contributed by atoms with Crippen molar-refractivity contribution in [3.63, 3.8) is 0 Å². The van der Waals surface area contributed by atoms with Gasteiger partial charge in [0.15, 0.2) is 11.5 Å². The molecule has 3 rings (SSSR count). The molecule has 7 nitrogen and oxygen atoms in total. The van der Waals surface area contributed by atoms with Crippen LogP contribution in [0.4, 0.5) is 0 Å². The number of fused-ring (bicyclic) bond motifs is 3. The zero-order valence-electron chi connectivity index (χ0n) is 30.4. The van der Waals surface area contributed by atoms with Gasteiger partial charge in [-0.2, -0.15) is 4.98 Å². The molecule has 0 bridgehead atoms. The molecule has 48 heavy (non-hydrogen) atoms. The van der Waals surface area contributed by atoms with Crippen LogP contribution in [0.2, 0.25) is 0 Å². The van der Waals surface area contributed by atoms with Crippen LogP contribution in [-0.2, 0) is 0 Å². The van der Waals surface area contributed by atoms with Crippen molar-refractivity contribution in [2.75, 3.05) is 0 Å². The summed E-state index contributed by atoms with van der Waals surface area (Å²) in [6, 6.07) is 0. The van der Waals surface area contributed by atoms with Crippen molar-refractivity contribution in [1.29, 1.82) is 0 Å². The molecule has 0 aliphatic carbocycles. The molecule has 2 aliphatic rings. The van der Waals surface area contributed by atoms with E-state index in [1.54, 1.807) is 6.33 Å². The zero-order chi connectivity index (χ0) is 34.2. The lowest BCUT2D eigenvalue weighted by molar-refractivity contribution is 0.533. The van der Waals surface area contributed by atoms with Crippen molar-refractivity contribution in [3.05, 3.63) is 23.1 Å². The Morgan fingerprint density at radius 3 is 1.44 bits per heavy atom. The van der Waals surface area contributed by atoms with E-state index in [0.29, 0.717) is 34.1 Å². The molecule has 0 unspecified atom stereocenters. The lowest BCUT2D eigenvalue weighted by Crippen LogP contribution is -2.23. The average molecular weight is 697 g/mol. The average Bonchev–Trinajstić information content (AvgIpc) is 3.60. The zero-order valence-corrected chi connectivity index (χ0v) is 32.0. The Labute approximate surface area is 301 Å². The summed E-state index contributed by atoms with van der Waals surface area (Å²) in [5, 5.41) is 0. The molecular weight excluding hydrogens is 633 g/mol. The highest BCUT2D eigenvalue weighted by atomic mass is 32.1. The highest BCUT2D eigenvalue weighted by Gasteiger charge is 2.23. The molecule has 0 fully saturated rings. The predicted molar refractivity (Wildman–Crippen MR) is 211 cm³/mol. The standard InChI is InChI=1S/C39H64N6OS2/c1-3-5-7-9-11-13-15-16-17-18-20-22-24-26-28-30-34(48)45-38-36(43-39(45)46)35-37(40-31-41-38)44(32-42-35)33(47)29-27-25-23-21-19-14-12-10-8-6-4-2/h31-32H,3-30H2,1-2H3. The van der Waals surface area contributed by atoms with Crippen LogP contribution in [0.25, 0.3) is 22.7 Å². The first-order chi connectivity index (χ1) is 23.6. The van der Waals surface area contributed by atoms with Gasteiger partial charge in [0.2, 0.25) is 0 Å². The Balaban J connectivity index is 1.35. The molecule has 0 saturated heterocycles. The lowest BCUT2D eigenvalue weighted by Gasteiger charge is -2.06. The van der Waals surface area contributed by atoms with Crippen LogP contribution in [0.15, 0.2) is 17.4 Å². The third kappa shape index (κ3) is 14.4. The van der Waals surface area contributed by atoms with Crippen LogP contribution in [0.1, 0.15) is 194 Å². The van der Waals surface area contributed by atoms with E-state index in [1.165, 1.54) is 159 Å². The van der Waals surface area contributed by atoms with Crippen molar-refractivity contribution < 1.29 is 0 Å². The monoisotopic (exact) mass is 696 g/mol. The second-order valence-corrected chi connectivity index (χ2v) is 14.8. The molecule has 0 saturated carbocycles. The maximum absolute atomic E-state index is 13.0. The van der Waals surface area contributed by atoms with E-state index in [2.05, 4.69) is 33.8 Å². The third-order valence-corrected chi connectivity index (χ3v) is 10.4. The van der Waals surface area contributed by atoms with E-state index in [1.807, 2.05) is 4.57 Å². The fourth-order valence-electron chi connectivity index (χ4n) is 6.67. The van der Waals surface area contributed by atoms with Gasteiger partial charge in [-0.3, -0.25) is 4.57 Å². The first-order valence-corrected chi connectivity index (χ1v) is 20.6. The number of rotatable bonds is 28. The molecule has 268 valence electrons. The van der Waals surface area contributed by atoms with Gasteiger partial charge in [-0.1, -0.05) is 192 Å². The van der Waals surface area contributed by atoms with Gasteiger partial charge < -0.3 is 0 Å². The maximum atomic E-state index is 13.0. The Hall–Kier alpha value is -2.13. The largest absolute Gasteiger partial charge is 0.355 e. The summed E-state index contributed by atoms with van der Waals surface area (Å²) in [5.74, 6) is 0.426. The molecule has 0 N–H and O–H groups in total. The fraction of sp³-hybridized carbons (Fsp3) is 0.769. The molecule has 0 atom stereocenters. The van der Waals surface area contributed by atoms with Gasteiger partial charge in [-0.25, -0.2) is 24.3 Å². The molecule has 2 aliphatic heterocycles. The molecule has 3 heterocycles. The van der Waals surface area contributed by atoms with Crippen molar-refractivity contribution in [2.24, 2.45) is 0 Å². The van der Waals surface area contributed by atoms with Crippen LogP contribution in [0.3, 0.4) is 0 Å². The quantitative estimate of drug-likeness (QED) is 0.0552. The lowest BCUT2D eigenvalue weighted by atomic mass is 10.0. The summed E-state index contributed by atoms with van der Waals surface area (Å²) in [7, 11) is 0. The van der Waals surface area contributed by atoms with Gasteiger partial charge >= 0.3 is 5.69 Å². The van der Waals surface area contributed by atoms with E-state index in [9.17, 15) is 4.79 Å². The fourth-order valence-corrected chi connectivity index (χ4v) is 7.25. The minimum absolute atomic E-state index is 0.394. The van der Waals surface area contributed by atoms with Gasteiger partial charge in [0, 0.05) is 0 Å². The molecule has 0 aromatic carbocycles. The van der Waals surface area contributed by atoms with Crippen LogP contribution in [0, 0.1) is 0 Å². The summed E-state index contributed by atoms with van der Waals surface area (Å²) in [4.78, 5) is 32.3. The minimum atomic E-state index is -0.394. The van der Waals surface area contributed by atoms with Crippen molar-refractivity contribution >= 4 is 45.6 Å². The Bertz CT molecular complexity index is 1350. The molecular formula is C39H64N6OS2. The number of nitrogens with zero attached hydrogens (tertiary/aromatic N) is 6. The van der Waals surface area contributed by atoms with E-state index >= 15 is 0 Å². The number of aromatic nitrogens is 6. The van der Waals surface area contributed by atoms with E-state index in [4.69, 9.17) is 24.4 Å². The molecule has 1 aromatic heterocycles. The first-order valence-electron chi connectivity index (χ1n) is 19.8. The minimum Gasteiger partial charge on any atom is -0.277 e. The normalized spacial score (nSPS) is 11.6. The number of hydrogen-bond acceptors (Lipinski definition) is 7. The third-order valence-electron chi connectivity index (χ3n) is 9.66.